The molecule has 8 N–H and O–H groups in total. The Kier molecular flexibility index (Phi) is 11.5. The number of rotatable bonds is 15. The van der Waals surface area contributed by atoms with Crippen molar-refractivity contribution in [3.63, 3.8) is 0 Å². The van der Waals surface area contributed by atoms with Crippen LogP contribution in [0.4, 0.5) is 0 Å². The van der Waals surface area contributed by atoms with Gasteiger partial charge in [-0.25, -0.2) is 4.79 Å². The number of nitrogens with two attached hydrogens (primary N) is 1. The topological polar surface area (TPSA) is 204 Å². The second kappa shape index (κ2) is 14.3. The van der Waals surface area contributed by atoms with Crippen LogP contribution in [0.5, 0.6) is 0 Å². The molecule has 4 unspecified atom stereocenters. The predicted molar refractivity (Wildman–Crippen MR) is 145 cm³/mol. The maximum atomic E-state index is 13.2. The molecule has 1 heterocycles. The fourth-order valence-electron chi connectivity index (χ4n) is 4.23. The SMILES string of the molecule is CC(C)CC(NC(=O)C(CC(=O)O)NC(=O)C(CC(C)C)NC(=O)C(N)Cc1c[nH]c2ccccc12)C(=O)O. The Labute approximate surface area is 227 Å². The van der Waals surface area contributed by atoms with Crippen LogP contribution in [0.1, 0.15) is 52.5 Å². The monoisotopic (exact) mass is 545 g/mol. The molecule has 0 aliphatic rings. The van der Waals surface area contributed by atoms with E-state index in [1.54, 1.807) is 20.0 Å². The van der Waals surface area contributed by atoms with Crippen LogP contribution in [0.25, 0.3) is 10.9 Å². The molecule has 12 heteroatoms. The number of aromatic amines is 1. The number of carbonyl (C=O) groups is 5. The normalized spacial score (nSPS) is 14.4. The van der Waals surface area contributed by atoms with Crippen molar-refractivity contribution in [2.45, 2.75) is 77.5 Å². The fourth-order valence-corrected chi connectivity index (χ4v) is 4.23. The molecule has 1 aromatic heterocycles. The van der Waals surface area contributed by atoms with Crippen molar-refractivity contribution in [1.82, 2.24) is 20.9 Å². The molecule has 3 amide bonds. The first-order chi connectivity index (χ1) is 18.3. The van der Waals surface area contributed by atoms with Gasteiger partial charge in [-0.2, -0.15) is 0 Å². The number of fused-ring (bicyclic) bond motifs is 1. The molecule has 0 radical (unpaired) electrons. The van der Waals surface area contributed by atoms with E-state index in [0.717, 1.165) is 16.5 Å². The first kappa shape index (κ1) is 31.3. The molecule has 0 aliphatic carbocycles. The summed E-state index contributed by atoms with van der Waals surface area (Å²) in [5.74, 6) is -5.03. The lowest BCUT2D eigenvalue weighted by Crippen LogP contribution is -2.58. The second-order valence-electron chi connectivity index (χ2n) is 10.5. The quantitative estimate of drug-likeness (QED) is 0.172. The van der Waals surface area contributed by atoms with Crippen LogP contribution in [0, 0.1) is 11.8 Å². The Hall–Kier alpha value is -3.93. The van der Waals surface area contributed by atoms with E-state index in [0.29, 0.717) is 0 Å². The van der Waals surface area contributed by atoms with E-state index in [2.05, 4.69) is 20.9 Å². The van der Waals surface area contributed by atoms with E-state index in [9.17, 15) is 34.2 Å². The molecule has 0 fully saturated rings. The van der Waals surface area contributed by atoms with E-state index >= 15 is 0 Å². The van der Waals surface area contributed by atoms with Crippen molar-refractivity contribution in [1.29, 1.82) is 0 Å². The summed E-state index contributed by atoms with van der Waals surface area (Å²) in [6.45, 7) is 7.23. The van der Waals surface area contributed by atoms with Gasteiger partial charge in [0.15, 0.2) is 0 Å². The van der Waals surface area contributed by atoms with Gasteiger partial charge in [-0.05, 0) is 42.7 Å². The van der Waals surface area contributed by atoms with E-state index < -0.39 is 60.2 Å². The van der Waals surface area contributed by atoms with E-state index in [1.165, 1.54) is 0 Å². The molecule has 2 rings (SSSR count). The number of aromatic nitrogens is 1. The number of para-hydroxylation sites is 1. The van der Waals surface area contributed by atoms with Crippen LogP contribution in [0.3, 0.4) is 0 Å². The van der Waals surface area contributed by atoms with Crippen LogP contribution in [-0.4, -0.2) is 69.0 Å². The average Bonchev–Trinajstić information content (AvgIpc) is 3.24. The standard InChI is InChI=1S/C27H39N5O7/c1-14(2)9-20(30-24(35)18(28)11-16-13-29-19-8-6-5-7-17(16)19)25(36)31-21(12-23(33)34)26(37)32-22(27(38)39)10-15(3)4/h5-8,13-15,18,20-22,29H,9-12,28H2,1-4H3,(H,30,35)(H,31,36)(H,32,37)(H,33,34)(H,38,39). The minimum atomic E-state index is -1.55. The zero-order chi connectivity index (χ0) is 29.3. The summed E-state index contributed by atoms with van der Waals surface area (Å²) in [6, 6.07) is 2.70. The Morgan fingerprint density at radius 1 is 0.821 bits per heavy atom. The van der Waals surface area contributed by atoms with Gasteiger partial charge in [-0.3, -0.25) is 19.2 Å². The number of aliphatic carboxylic acids is 2. The maximum Gasteiger partial charge on any atom is 0.326 e. The maximum absolute atomic E-state index is 13.2. The average molecular weight is 546 g/mol. The van der Waals surface area contributed by atoms with Crippen molar-refractivity contribution in [2.75, 3.05) is 0 Å². The van der Waals surface area contributed by atoms with E-state index in [-0.39, 0.29) is 31.1 Å². The van der Waals surface area contributed by atoms with Gasteiger partial charge in [-0.1, -0.05) is 45.9 Å². The van der Waals surface area contributed by atoms with Gasteiger partial charge in [-0.15, -0.1) is 0 Å². The van der Waals surface area contributed by atoms with Gasteiger partial charge in [0.05, 0.1) is 12.5 Å². The third-order valence-corrected chi connectivity index (χ3v) is 6.13. The van der Waals surface area contributed by atoms with Crippen molar-refractivity contribution in [3.05, 3.63) is 36.0 Å². The minimum Gasteiger partial charge on any atom is -0.481 e. The van der Waals surface area contributed by atoms with Gasteiger partial charge < -0.3 is 36.9 Å². The first-order valence-electron chi connectivity index (χ1n) is 12.9. The number of hydrogen-bond donors (Lipinski definition) is 7. The molecule has 214 valence electrons. The molecule has 0 saturated heterocycles. The Balaban J connectivity index is 2.14. The summed E-state index contributed by atoms with van der Waals surface area (Å²) in [6.07, 6.45) is 1.53. The van der Waals surface area contributed by atoms with Gasteiger partial charge in [0, 0.05) is 17.1 Å². The van der Waals surface area contributed by atoms with E-state index in [1.807, 2.05) is 38.1 Å². The lowest BCUT2D eigenvalue weighted by Gasteiger charge is -2.25. The minimum absolute atomic E-state index is 0.0416. The Morgan fingerprint density at radius 3 is 1.95 bits per heavy atom. The summed E-state index contributed by atoms with van der Waals surface area (Å²) < 4.78 is 0. The molecule has 4 atom stereocenters. The number of nitrogens with one attached hydrogen (secondary N) is 4. The molecule has 2 aromatic rings. The predicted octanol–water partition coefficient (Wildman–Crippen LogP) is 1.14. The summed E-state index contributed by atoms with van der Waals surface area (Å²) in [7, 11) is 0. The van der Waals surface area contributed by atoms with Gasteiger partial charge >= 0.3 is 11.9 Å². The fraction of sp³-hybridized carbons (Fsp3) is 0.519. The molecule has 0 aliphatic heterocycles. The van der Waals surface area contributed by atoms with Gasteiger partial charge in [0.25, 0.3) is 0 Å². The number of carboxylic acids is 2. The van der Waals surface area contributed by atoms with Gasteiger partial charge in [0.2, 0.25) is 17.7 Å². The second-order valence-corrected chi connectivity index (χ2v) is 10.5. The lowest BCUT2D eigenvalue weighted by molar-refractivity contribution is -0.144. The number of carboxylic acid groups (broad SMARTS) is 2. The lowest BCUT2D eigenvalue weighted by atomic mass is 10.0. The number of amides is 3. The Morgan fingerprint density at radius 2 is 1.36 bits per heavy atom. The van der Waals surface area contributed by atoms with Crippen molar-refractivity contribution < 1.29 is 34.2 Å². The highest BCUT2D eigenvalue weighted by molar-refractivity contribution is 5.95. The van der Waals surface area contributed by atoms with Crippen molar-refractivity contribution in [2.24, 2.45) is 17.6 Å². The molecular weight excluding hydrogens is 506 g/mol. The highest BCUT2D eigenvalue weighted by atomic mass is 16.4. The Bertz CT molecular complexity index is 1180. The van der Waals surface area contributed by atoms with Crippen LogP contribution >= 0.6 is 0 Å². The van der Waals surface area contributed by atoms with Crippen molar-refractivity contribution in [3.8, 4) is 0 Å². The summed E-state index contributed by atoms with van der Waals surface area (Å²) >= 11 is 0. The van der Waals surface area contributed by atoms with Crippen molar-refractivity contribution >= 4 is 40.6 Å². The number of H-pyrrole nitrogens is 1. The summed E-state index contributed by atoms with van der Waals surface area (Å²) in [4.78, 5) is 65.0. The first-order valence-corrected chi connectivity index (χ1v) is 12.9. The van der Waals surface area contributed by atoms with Crippen LogP contribution < -0.4 is 21.7 Å². The summed E-state index contributed by atoms with van der Waals surface area (Å²) in [5.41, 5.74) is 7.90. The molecular formula is C27H39N5O7. The number of benzene rings is 1. The molecule has 0 bridgehead atoms. The molecule has 0 saturated carbocycles. The number of carbonyl (C=O) groups excluding carboxylic acids is 3. The zero-order valence-corrected chi connectivity index (χ0v) is 22.7. The zero-order valence-electron chi connectivity index (χ0n) is 22.7. The van der Waals surface area contributed by atoms with Crippen LogP contribution in [0.2, 0.25) is 0 Å². The van der Waals surface area contributed by atoms with E-state index in [4.69, 9.17) is 5.73 Å². The van der Waals surface area contributed by atoms with Crippen LogP contribution in [-0.2, 0) is 30.4 Å². The molecule has 39 heavy (non-hydrogen) atoms. The molecule has 1 aromatic carbocycles. The summed E-state index contributed by atoms with van der Waals surface area (Å²) in [5, 5.41) is 27.0. The molecule has 0 spiro atoms. The smallest absolute Gasteiger partial charge is 0.326 e. The van der Waals surface area contributed by atoms with Crippen LogP contribution in [0.15, 0.2) is 30.5 Å². The highest BCUT2D eigenvalue weighted by Crippen LogP contribution is 2.19. The third kappa shape index (κ3) is 9.71. The third-order valence-electron chi connectivity index (χ3n) is 6.13. The largest absolute Gasteiger partial charge is 0.481 e. The highest BCUT2D eigenvalue weighted by Gasteiger charge is 2.32. The number of hydrogen-bond acceptors (Lipinski definition) is 6. The molecule has 12 nitrogen and oxygen atoms in total. The van der Waals surface area contributed by atoms with Gasteiger partial charge in [0.1, 0.15) is 18.1 Å².